The van der Waals surface area contributed by atoms with Crippen molar-refractivity contribution in [2.24, 2.45) is 16.8 Å². The minimum Gasteiger partial charge on any atom is -0.482 e. The van der Waals surface area contributed by atoms with E-state index in [0.29, 0.717) is 16.7 Å². The third kappa shape index (κ3) is 4.28. The van der Waals surface area contributed by atoms with Crippen molar-refractivity contribution >= 4 is 34.4 Å². The van der Waals surface area contributed by atoms with Crippen molar-refractivity contribution in [1.29, 1.82) is 0 Å². The van der Waals surface area contributed by atoms with Gasteiger partial charge in [-0.3, -0.25) is 9.80 Å². The third-order valence-corrected chi connectivity index (χ3v) is 5.69. The molecule has 0 radical (unpaired) electrons. The van der Waals surface area contributed by atoms with E-state index in [0.717, 1.165) is 31.6 Å². The van der Waals surface area contributed by atoms with Crippen molar-refractivity contribution in [1.82, 2.24) is 5.32 Å². The molecule has 140 valence electrons. The predicted molar refractivity (Wildman–Crippen MR) is 100 cm³/mol. The maximum absolute atomic E-state index is 11.6. The number of esters is 1. The Morgan fingerprint density at radius 3 is 2.62 bits per heavy atom. The van der Waals surface area contributed by atoms with Gasteiger partial charge in [0.25, 0.3) is 5.91 Å². The van der Waals surface area contributed by atoms with E-state index in [2.05, 4.69) is 15.2 Å². The van der Waals surface area contributed by atoms with Gasteiger partial charge in [-0.2, -0.15) is 5.10 Å². The number of piperidine rings is 1. The van der Waals surface area contributed by atoms with Crippen LogP contribution in [0.1, 0.15) is 12.8 Å². The van der Waals surface area contributed by atoms with Crippen LogP contribution in [0, 0.1) is 5.92 Å². The van der Waals surface area contributed by atoms with Crippen LogP contribution in [0.2, 0.25) is 0 Å². The summed E-state index contributed by atoms with van der Waals surface area (Å²) in [4.78, 5) is 22.8. The zero-order valence-electron chi connectivity index (χ0n) is 14.5. The Labute approximate surface area is 156 Å². The number of thioether (sulfide) groups is 1. The van der Waals surface area contributed by atoms with Crippen molar-refractivity contribution < 1.29 is 19.1 Å². The van der Waals surface area contributed by atoms with Gasteiger partial charge in [-0.1, -0.05) is 11.8 Å². The Morgan fingerprint density at radius 2 is 2.00 bits per heavy atom. The van der Waals surface area contributed by atoms with Crippen molar-refractivity contribution in [3.63, 3.8) is 0 Å². The molecule has 2 heterocycles. The van der Waals surface area contributed by atoms with Gasteiger partial charge in [0.1, 0.15) is 11.1 Å². The molecule has 0 spiro atoms. The van der Waals surface area contributed by atoms with Gasteiger partial charge < -0.3 is 20.5 Å². The fourth-order valence-electron chi connectivity index (χ4n) is 2.98. The van der Waals surface area contributed by atoms with E-state index in [1.807, 2.05) is 17.1 Å². The summed E-state index contributed by atoms with van der Waals surface area (Å²) >= 11 is 1.43. The average Bonchev–Trinajstić information content (AvgIpc) is 3.13. The zero-order chi connectivity index (χ0) is 18.5. The van der Waals surface area contributed by atoms with Crippen LogP contribution in [-0.4, -0.2) is 49.1 Å². The number of nitrogens with zero attached hydrogens (tertiary/aromatic N) is 2. The molecule has 1 saturated heterocycles. The third-order valence-electron chi connectivity index (χ3n) is 4.36. The number of anilines is 1. The molecule has 1 atom stereocenters. The van der Waals surface area contributed by atoms with E-state index in [9.17, 15) is 9.59 Å². The Kier molecular flexibility index (Phi) is 6.00. The van der Waals surface area contributed by atoms with Crippen molar-refractivity contribution in [2.45, 2.75) is 18.2 Å². The Balaban J connectivity index is 1.74. The van der Waals surface area contributed by atoms with Gasteiger partial charge in [-0.15, -0.1) is 0 Å². The SMILES string of the molecule is COC(=O)COc1ccc(N2N=C(C(N)=O)SC2C2CCNCC2)cc1. The molecular weight excluding hydrogens is 356 g/mol. The molecule has 2 aliphatic heterocycles. The average molecular weight is 378 g/mol. The molecule has 0 aromatic heterocycles. The smallest absolute Gasteiger partial charge is 0.343 e. The minimum atomic E-state index is -0.505. The lowest BCUT2D eigenvalue weighted by molar-refractivity contribution is -0.142. The Morgan fingerprint density at radius 1 is 1.31 bits per heavy atom. The maximum Gasteiger partial charge on any atom is 0.343 e. The number of benzene rings is 1. The molecular formula is C17H22N4O4S. The number of hydrogen-bond donors (Lipinski definition) is 2. The molecule has 1 aromatic carbocycles. The van der Waals surface area contributed by atoms with Crippen LogP contribution >= 0.6 is 11.8 Å². The number of hydrazone groups is 1. The van der Waals surface area contributed by atoms with Gasteiger partial charge in [0, 0.05) is 0 Å². The summed E-state index contributed by atoms with van der Waals surface area (Å²) in [6, 6.07) is 7.24. The van der Waals surface area contributed by atoms with Gasteiger partial charge in [-0.25, -0.2) is 4.79 Å². The van der Waals surface area contributed by atoms with Gasteiger partial charge in [-0.05, 0) is 56.1 Å². The van der Waals surface area contributed by atoms with E-state index in [4.69, 9.17) is 10.5 Å². The lowest BCUT2D eigenvalue weighted by atomic mass is 9.97. The quantitative estimate of drug-likeness (QED) is 0.709. The number of amides is 1. The topological polar surface area (TPSA) is 106 Å². The van der Waals surface area contributed by atoms with Gasteiger partial charge in [0.05, 0.1) is 12.8 Å². The van der Waals surface area contributed by atoms with Gasteiger partial charge in [0.2, 0.25) is 0 Å². The lowest BCUT2D eigenvalue weighted by Gasteiger charge is -2.32. The van der Waals surface area contributed by atoms with Crippen LogP contribution < -0.4 is 20.8 Å². The minimum absolute atomic E-state index is 0.0430. The van der Waals surface area contributed by atoms with E-state index in [1.54, 1.807) is 12.1 Å². The highest BCUT2D eigenvalue weighted by Crippen LogP contribution is 2.39. The van der Waals surface area contributed by atoms with Crippen LogP contribution in [0.15, 0.2) is 29.4 Å². The summed E-state index contributed by atoms with van der Waals surface area (Å²) in [5.41, 5.74) is 6.29. The normalized spacial score (nSPS) is 20.6. The first-order valence-corrected chi connectivity index (χ1v) is 9.31. The number of nitrogens with two attached hydrogens (primary N) is 1. The van der Waals surface area contributed by atoms with E-state index in [-0.39, 0.29) is 12.0 Å². The summed E-state index contributed by atoms with van der Waals surface area (Å²) in [5, 5.41) is 10.0. The van der Waals surface area contributed by atoms with Gasteiger partial charge >= 0.3 is 5.97 Å². The molecule has 0 saturated carbocycles. The fraction of sp³-hybridized carbons (Fsp3) is 0.471. The van der Waals surface area contributed by atoms with Crippen molar-refractivity contribution in [3.05, 3.63) is 24.3 Å². The molecule has 0 aliphatic carbocycles. The predicted octanol–water partition coefficient (Wildman–Crippen LogP) is 0.916. The van der Waals surface area contributed by atoms with E-state index >= 15 is 0 Å². The first-order chi connectivity index (χ1) is 12.6. The number of ether oxygens (including phenoxy) is 2. The summed E-state index contributed by atoms with van der Waals surface area (Å²) in [6.07, 6.45) is 2.05. The highest BCUT2D eigenvalue weighted by atomic mass is 32.2. The standard InChI is InChI=1S/C17H22N4O4S/c1-24-14(22)10-25-13-4-2-12(3-5-13)21-17(11-6-8-19-9-7-11)26-16(20-21)15(18)23/h2-5,11,17,19H,6-10H2,1H3,(H2,18,23). The number of carbonyl (C=O) groups is 2. The molecule has 1 aromatic rings. The summed E-state index contributed by atoms with van der Waals surface area (Å²) in [7, 11) is 1.31. The molecule has 3 rings (SSSR count). The fourth-order valence-corrected chi connectivity index (χ4v) is 4.19. The molecule has 2 aliphatic rings. The molecule has 0 bridgehead atoms. The molecule has 1 fully saturated rings. The molecule has 9 heteroatoms. The lowest BCUT2D eigenvalue weighted by Crippen LogP contribution is -2.38. The van der Waals surface area contributed by atoms with E-state index in [1.165, 1.54) is 18.9 Å². The van der Waals surface area contributed by atoms with Crippen molar-refractivity contribution in [3.8, 4) is 5.75 Å². The van der Waals surface area contributed by atoms with Crippen LogP contribution in [-0.2, 0) is 14.3 Å². The molecule has 1 amide bonds. The number of hydrogen-bond acceptors (Lipinski definition) is 8. The molecule has 3 N–H and O–H groups in total. The van der Waals surface area contributed by atoms with Gasteiger partial charge in [0.15, 0.2) is 11.7 Å². The second-order valence-corrected chi connectivity index (χ2v) is 7.17. The summed E-state index contributed by atoms with van der Waals surface area (Å²) in [6.45, 7) is 1.78. The maximum atomic E-state index is 11.6. The molecule has 26 heavy (non-hydrogen) atoms. The van der Waals surface area contributed by atoms with Crippen LogP contribution in [0.4, 0.5) is 5.69 Å². The number of primary amides is 1. The highest BCUT2D eigenvalue weighted by Gasteiger charge is 2.37. The second kappa shape index (κ2) is 8.41. The number of methoxy groups -OCH3 is 1. The van der Waals surface area contributed by atoms with Crippen LogP contribution in [0.3, 0.4) is 0 Å². The molecule has 1 unspecified atom stereocenters. The highest BCUT2D eigenvalue weighted by molar-refractivity contribution is 8.16. The first kappa shape index (κ1) is 18.5. The second-order valence-electron chi connectivity index (χ2n) is 6.07. The molecule has 8 nitrogen and oxygen atoms in total. The van der Waals surface area contributed by atoms with E-state index < -0.39 is 11.9 Å². The number of carbonyl (C=O) groups excluding carboxylic acids is 2. The monoisotopic (exact) mass is 378 g/mol. The summed E-state index contributed by atoms with van der Waals surface area (Å²) in [5.74, 6) is 0.0294. The number of rotatable bonds is 6. The first-order valence-electron chi connectivity index (χ1n) is 8.43. The largest absolute Gasteiger partial charge is 0.482 e. The Hall–Kier alpha value is -2.26. The van der Waals surface area contributed by atoms with Crippen LogP contribution in [0.5, 0.6) is 5.75 Å². The summed E-state index contributed by atoms with van der Waals surface area (Å²) < 4.78 is 9.91. The Bertz CT molecular complexity index is 689. The van der Waals surface area contributed by atoms with Crippen molar-refractivity contribution in [2.75, 3.05) is 31.8 Å². The van der Waals surface area contributed by atoms with Crippen LogP contribution in [0.25, 0.3) is 0 Å². The zero-order valence-corrected chi connectivity index (χ0v) is 15.3. The number of nitrogens with one attached hydrogen (secondary N) is 1.